The molecule has 1 aromatic carbocycles. The van der Waals surface area contributed by atoms with Crippen LogP contribution in [0.25, 0.3) is 16.9 Å². The zero-order valence-corrected chi connectivity index (χ0v) is 10.2. The number of nitriles is 1. The van der Waals surface area contributed by atoms with E-state index in [2.05, 4.69) is 16.2 Å². The first-order valence-electron chi connectivity index (χ1n) is 5.71. The lowest BCUT2D eigenvalue weighted by Gasteiger charge is -2.06. The summed E-state index contributed by atoms with van der Waals surface area (Å²) >= 11 is 0. The van der Waals surface area contributed by atoms with Crippen molar-refractivity contribution in [2.75, 3.05) is 7.11 Å². The van der Waals surface area contributed by atoms with Crippen LogP contribution in [0.5, 0.6) is 5.75 Å². The number of nitrogens with zero attached hydrogens (tertiary/aromatic N) is 4. The second-order valence-corrected chi connectivity index (χ2v) is 3.97. The average Bonchev–Trinajstić information content (AvgIpc) is 2.90. The predicted molar refractivity (Wildman–Crippen MR) is 69.7 cm³/mol. The van der Waals surface area contributed by atoms with Gasteiger partial charge < -0.3 is 4.74 Å². The van der Waals surface area contributed by atoms with Gasteiger partial charge in [0.2, 0.25) is 0 Å². The molecule has 0 amide bonds. The van der Waals surface area contributed by atoms with E-state index in [9.17, 15) is 0 Å². The van der Waals surface area contributed by atoms with Gasteiger partial charge in [0.05, 0.1) is 19.0 Å². The summed E-state index contributed by atoms with van der Waals surface area (Å²) in [6.07, 6.45) is 3.19. The summed E-state index contributed by atoms with van der Waals surface area (Å²) in [7, 11) is 1.63. The molecule has 5 nitrogen and oxygen atoms in total. The van der Waals surface area contributed by atoms with Crippen LogP contribution in [-0.4, -0.2) is 21.7 Å². The van der Waals surface area contributed by atoms with E-state index in [-0.39, 0.29) is 0 Å². The molecule has 19 heavy (non-hydrogen) atoms. The van der Waals surface area contributed by atoms with Crippen LogP contribution in [0.4, 0.5) is 0 Å². The van der Waals surface area contributed by atoms with Crippen molar-refractivity contribution in [3.63, 3.8) is 0 Å². The summed E-state index contributed by atoms with van der Waals surface area (Å²) in [5.41, 5.74) is 2.84. The number of rotatable bonds is 2. The van der Waals surface area contributed by atoms with Crippen LogP contribution < -0.4 is 4.74 Å². The Bertz CT molecular complexity index is 785. The van der Waals surface area contributed by atoms with E-state index in [1.807, 2.05) is 30.3 Å². The summed E-state index contributed by atoms with van der Waals surface area (Å²) < 4.78 is 6.88. The summed E-state index contributed by atoms with van der Waals surface area (Å²) in [6.45, 7) is 0. The lowest BCUT2D eigenvalue weighted by Crippen LogP contribution is -1.96. The Hall–Kier alpha value is -2.87. The highest BCUT2D eigenvalue weighted by molar-refractivity contribution is 5.66. The van der Waals surface area contributed by atoms with Crippen molar-refractivity contribution >= 4 is 5.65 Å². The minimum Gasteiger partial charge on any atom is -0.497 e. The van der Waals surface area contributed by atoms with Crippen molar-refractivity contribution in [3.05, 3.63) is 48.3 Å². The van der Waals surface area contributed by atoms with Gasteiger partial charge in [-0.3, -0.25) is 0 Å². The van der Waals surface area contributed by atoms with E-state index in [1.165, 1.54) is 6.20 Å². The Kier molecular flexibility index (Phi) is 2.62. The van der Waals surface area contributed by atoms with Crippen LogP contribution in [0.1, 0.15) is 5.56 Å². The quantitative estimate of drug-likeness (QED) is 0.700. The highest BCUT2D eigenvalue weighted by atomic mass is 16.5. The molecule has 5 heteroatoms. The molecule has 2 aromatic heterocycles. The fraction of sp³-hybridized carbons (Fsp3) is 0.0714. The Balaban J connectivity index is 2.25. The highest BCUT2D eigenvalue weighted by Gasteiger charge is 2.09. The van der Waals surface area contributed by atoms with Gasteiger partial charge >= 0.3 is 0 Å². The average molecular weight is 250 g/mol. The van der Waals surface area contributed by atoms with Crippen LogP contribution >= 0.6 is 0 Å². The highest BCUT2D eigenvalue weighted by Crippen LogP contribution is 2.24. The number of ether oxygens (including phenoxy) is 1. The van der Waals surface area contributed by atoms with E-state index >= 15 is 0 Å². The van der Waals surface area contributed by atoms with Gasteiger partial charge in [-0.1, -0.05) is 12.1 Å². The first-order valence-corrected chi connectivity index (χ1v) is 5.71. The third-order valence-corrected chi connectivity index (χ3v) is 2.89. The Morgan fingerprint density at radius 3 is 3.00 bits per heavy atom. The summed E-state index contributed by atoms with van der Waals surface area (Å²) in [6, 6.07) is 11.6. The third kappa shape index (κ3) is 1.79. The molecule has 0 unspecified atom stereocenters. The molecule has 3 rings (SSSR count). The second-order valence-electron chi connectivity index (χ2n) is 3.97. The van der Waals surface area contributed by atoms with Gasteiger partial charge in [-0.25, -0.2) is 9.50 Å². The van der Waals surface area contributed by atoms with Crippen molar-refractivity contribution in [1.29, 1.82) is 5.26 Å². The molecule has 92 valence electrons. The second kappa shape index (κ2) is 4.42. The molecular weight excluding hydrogens is 240 g/mol. The Labute approximate surface area is 109 Å². The van der Waals surface area contributed by atoms with Crippen LogP contribution in [0.15, 0.2) is 42.7 Å². The van der Waals surface area contributed by atoms with Crippen LogP contribution in [0.3, 0.4) is 0 Å². The Morgan fingerprint density at radius 2 is 2.21 bits per heavy atom. The largest absolute Gasteiger partial charge is 0.497 e. The number of fused-ring (bicyclic) bond motifs is 1. The van der Waals surface area contributed by atoms with Gasteiger partial charge in [-0.15, -0.1) is 0 Å². The first kappa shape index (κ1) is 11.2. The molecule has 0 radical (unpaired) electrons. The van der Waals surface area contributed by atoms with Gasteiger partial charge in [0.1, 0.15) is 17.4 Å². The van der Waals surface area contributed by atoms with Gasteiger partial charge in [0, 0.05) is 11.8 Å². The van der Waals surface area contributed by atoms with Crippen molar-refractivity contribution < 1.29 is 4.74 Å². The zero-order valence-electron chi connectivity index (χ0n) is 10.2. The zero-order chi connectivity index (χ0) is 13.2. The maximum absolute atomic E-state index is 9.00. The first-order chi connectivity index (χ1) is 9.33. The fourth-order valence-corrected chi connectivity index (χ4v) is 1.97. The van der Waals surface area contributed by atoms with E-state index in [1.54, 1.807) is 17.8 Å². The molecule has 3 aromatic rings. The minimum atomic E-state index is 0.463. The monoisotopic (exact) mass is 250 g/mol. The van der Waals surface area contributed by atoms with Crippen molar-refractivity contribution in [2.24, 2.45) is 0 Å². The van der Waals surface area contributed by atoms with E-state index in [0.717, 1.165) is 17.0 Å². The summed E-state index contributed by atoms with van der Waals surface area (Å²) in [4.78, 5) is 4.19. The van der Waals surface area contributed by atoms with Crippen LogP contribution in [-0.2, 0) is 0 Å². The third-order valence-electron chi connectivity index (χ3n) is 2.89. The molecule has 0 saturated heterocycles. The van der Waals surface area contributed by atoms with Crippen molar-refractivity contribution in [3.8, 4) is 23.1 Å². The molecule has 0 spiro atoms. The van der Waals surface area contributed by atoms with Crippen molar-refractivity contribution in [2.45, 2.75) is 0 Å². The van der Waals surface area contributed by atoms with Crippen molar-refractivity contribution in [1.82, 2.24) is 14.6 Å². The predicted octanol–water partition coefficient (Wildman–Crippen LogP) is 2.28. The Morgan fingerprint density at radius 1 is 1.32 bits per heavy atom. The topological polar surface area (TPSA) is 63.2 Å². The lowest BCUT2D eigenvalue weighted by atomic mass is 10.1. The standard InChI is InChI=1S/C14H10N4O/c1-19-12-4-2-3-10(7-12)13-5-6-16-14-11(8-15)9-17-18(13)14/h2-7,9H,1H3. The maximum Gasteiger partial charge on any atom is 0.173 e. The number of benzene rings is 1. The van der Waals surface area contributed by atoms with E-state index in [4.69, 9.17) is 10.00 Å². The lowest BCUT2D eigenvalue weighted by molar-refractivity contribution is 0.415. The molecule has 0 aliphatic carbocycles. The van der Waals surface area contributed by atoms with E-state index in [0.29, 0.717) is 11.2 Å². The fourth-order valence-electron chi connectivity index (χ4n) is 1.97. The maximum atomic E-state index is 9.00. The molecule has 0 aliphatic heterocycles. The van der Waals surface area contributed by atoms with E-state index < -0.39 is 0 Å². The molecule has 0 aliphatic rings. The number of aromatic nitrogens is 3. The van der Waals surface area contributed by atoms with Crippen LogP contribution in [0, 0.1) is 11.3 Å². The van der Waals surface area contributed by atoms with Gasteiger partial charge in [-0.05, 0) is 18.2 Å². The molecule has 0 saturated carbocycles. The number of methoxy groups -OCH3 is 1. The van der Waals surface area contributed by atoms with Gasteiger partial charge in [0.25, 0.3) is 0 Å². The smallest absolute Gasteiger partial charge is 0.173 e. The van der Waals surface area contributed by atoms with Gasteiger partial charge in [0.15, 0.2) is 5.65 Å². The molecular formula is C14H10N4O. The molecule has 2 heterocycles. The van der Waals surface area contributed by atoms with Crippen LogP contribution in [0.2, 0.25) is 0 Å². The summed E-state index contributed by atoms with van der Waals surface area (Å²) in [5, 5.41) is 13.2. The molecule has 0 N–H and O–H groups in total. The van der Waals surface area contributed by atoms with Gasteiger partial charge in [-0.2, -0.15) is 10.4 Å². The minimum absolute atomic E-state index is 0.463. The molecule has 0 bridgehead atoms. The molecule has 0 atom stereocenters. The number of hydrogen-bond donors (Lipinski definition) is 0. The number of hydrogen-bond acceptors (Lipinski definition) is 4. The normalized spacial score (nSPS) is 10.3. The molecule has 0 fully saturated rings. The summed E-state index contributed by atoms with van der Waals surface area (Å²) in [5.74, 6) is 0.773. The SMILES string of the molecule is COc1cccc(-c2ccnc3c(C#N)cnn23)c1.